The van der Waals surface area contributed by atoms with E-state index in [4.69, 9.17) is 14.7 Å². The van der Waals surface area contributed by atoms with Gasteiger partial charge in [-0.25, -0.2) is 0 Å². The lowest BCUT2D eigenvalue weighted by Crippen LogP contribution is -2.50. The van der Waals surface area contributed by atoms with E-state index in [1.165, 1.54) is 26.4 Å². The molecule has 2 aliphatic rings. The van der Waals surface area contributed by atoms with Gasteiger partial charge in [0.25, 0.3) is 5.91 Å². The van der Waals surface area contributed by atoms with E-state index in [1.807, 2.05) is 4.90 Å². The summed E-state index contributed by atoms with van der Waals surface area (Å²) in [4.78, 5) is 16.7. The minimum atomic E-state index is -4.65. The molecule has 2 fully saturated rings. The number of nitrogens with zero attached hydrogens (tertiary/aromatic N) is 3. The number of aliphatic hydroxyl groups excluding tert-OH is 1. The summed E-state index contributed by atoms with van der Waals surface area (Å²) in [5.74, 6) is 0.631. The molecule has 2 saturated heterocycles. The zero-order valence-corrected chi connectivity index (χ0v) is 19.4. The minimum absolute atomic E-state index is 0.129. The SMILES string of the molecule is COc1ccc(C(=O)N2CC[C@@]3(CO)CN(c4ccc(C#N)c(C(F)(F)F)c4)C[C@H]3C2)cc1OC. The fourth-order valence-electron chi connectivity index (χ4n) is 5.14. The maximum Gasteiger partial charge on any atom is 0.417 e. The largest absolute Gasteiger partial charge is 0.493 e. The number of anilines is 1. The second-order valence-corrected chi connectivity index (χ2v) is 9.01. The predicted octanol–water partition coefficient (Wildman–Crippen LogP) is 3.56. The van der Waals surface area contributed by atoms with Crippen LogP contribution in [0.3, 0.4) is 0 Å². The van der Waals surface area contributed by atoms with E-state index in [0.717, 1.165) is 6.07 Å². The third-order valence-corrected chi connectivity index (χ3v) is 7.16. The molecule has 0 saturated carbocycles. The number of hydrogen-bond donors (Lipinski definition) is 1. The van der Waals surface area contributed by atoms with E-state index in [-0.39, 0.29) is 18.4 Å². The van der Waals surface area contributed by atoms with Crippen LogP contribution >= 0.6 is 0 Å². The van der Waals surface area contributed by atoms with Crippen molar-refractivity contribution in [2.45, 2.75) is 12.6 Å². The monoisotopic (exact) mass is 489 g/mol. The van der Waals surface area contributed by atoms with Crippen LogP contribution in [0.5, 0.6) is 11.5 Å². The smallest absolute Gasteiger partial charge is 0.417 e. The van der Waals surface area contributed by atoms with Crippen LogP contribution in [0.1, 0.15) is 27.9 Å². The molecule has 1 N–H and O–H groups in total. The zero-order valence-electron chi connectivity index (χ0n) is 19.4. The number of nitriles is 1. The van der Waals surface area contributed by atoms with Crippen molar-refractivity contribution in [2.24, 2.45) is 11.3 Å². The highest BCUT2D eigenvalue weighted by molar-refractivity contribution is 5.95. The Labute approximate surface area is 201 Å². The van der Waals surface area contributed by atoms with Gasteiger partial charge in [0.05, 0.1) is 38.0 Å². The molecule has 2 aromatic rings. The number of aliphatic hydroxyl groups is 1. The van der Waals surface area contributed by atoms with Gasteiger partial charge in [0.2, 0.25) is 0 Å². The van der Waals surface area contributed by atoms with E-state index in [0.29, 0.717) is 55.3 Å². The van der Waals surface area contributed by atoms with Crippen LogP contribution in [0.4, 0.5) is 18.9 Å². The van der Waals surface area contributed by atoms with Gasteiger partial charge in [-0.1, -0.05) is 0 Å². The zero-order chi connectivity index (χ0) is 25.4. The Balaban J connectivity index is 1.56. The molecule has 0 aromatic heterocycles. The number of carbonyl (C=O) groups excluding carboxylic acids is 1. The number of hydrogen-bond acceptors (Lipinski definition) is 6. The number of alkyl halides is 3. The second-order valence-electron chi connectivity index (χ2n) is 9.01. The highest BCUT2D eigenvalue weighted by atomic mass is 19.4. The first kappa shape index (κ1) is 24.7. The summed E-state index contributed by atoms with van der Waals surface area (Å²) in [6, 6.07) is 10.2. The second kappa shape index (κ2) is 9.30. The summed E-state index contributed by atoms with van der Waals surface area (Å²) in [7, 11) is 3.00. The van der Waals surface area contributed by atoms with Crippen molar-refractivity contribution in [3.8, 4) is 17.6 Å². The van der Waals surface area contributed by atoms with Crippen molar-refractivity contribution in [3.05, 3.63) is 53.1 Å². The number of amides is 1. The lowest BCUT2D eigenvalue weighted by atomic mass is 9.73. The third-order valence-electron chi connectivity index (χ3n) is 7.16. The summed E-state index contributed by atoms with van der Waals surface area (Å²) in [6.07, 6.45) is -4.13. The first-order valence-electron chi connectivity index (χ1n) is 11.1. The highest BCUT2D eigenvalue weighted by Gasteiger charge is 2.50. The molecule has 2 aliphatic heterocycles. The van der Waals surface area contributed by atoms with Crippen LogP contribution in [-0.4, -0.2) is 62.9 Å². The van der Waals surface area contributed by atoms with Gasteiger partial charge in [-0.2, -0.15) is 18.4 Å². The van der Waals surface area contributed by atoms with Gasteiger partial charge in [0.15, 0.2) is 11.5 Å². The summed E-state index contributed by atoms with van der Waals surface area (Å²) < 4.78 is 50.9. The van der Waals surface area contributed by atoms with Crippen LogP contribution in [0, 0.1) is 22.7 Å². The molecule has 10 heteroatoms. The van der Waals surface area contributed by atoms with Crippen LogP contribution in [0.2, 0.25) is 0 Å². The van der Waals surface area contributed by atoms with Crippen molar-refractivity contribution < 1.29 is 32.5 Å². The van der Waals surface area contributed by atoms with Gasteiger partial charge in [-0.05, 0) is 42.8 Å². The van der Waals surface area contributed by atoms with E-state index >= 15 is 0 Å². The van der Waals surface area contributed by atoms with Crippen LogP contribution in [-0.2, 0) is 6.18 Å². The van der Waals surface area contributed by atoms with Crippen molar-refractivity contribution in [2.75, 3.05) is 51.9 Å². The Hall–Kier alpha value is -3.45. The van der Waals surface area contributed by atoms with Gasteiger partial charge < -0.3 is 24.4 Å². The number of halogens is 3. The number of methoxy groups -OCH3 is 2. The molecule has 0 aliphatic carbocycles. The molecular formula is C25H26F3N3O4. The van der Waals surface area contributed by atoms with Gasteiger partial charge in [-0.3, -0.25) is 4.79 Å². The maximum atomic E-state index is 13.5. The van der Waals surface area contributed by atoms with Crippen molar-refractivity contribution >= 4 is 11.6 Å². The lowest BCUT2D eigenvalue weighted by Gasteiger charge is -2.42. The molecule has 0 bridgehead atoms. The van der Waals surface area contributed by atoms with E-state index in [9.17, 15) is 23.1 Å². The van der Waals surface area contributed by atoms with Crippen LogP contribution < -0.4 is 14.4 Å². The summed E-state index contributed by atoms with van der Waals surface area (Å²) in [5, 5.41) is 19.3. The molecule has 2 heterocycles. The number of likely N-dealkylation sites (tertiary alicyclic amines) is 1. The molecule has 2 atom stereocenters. The lowest BCUT2D eigenvalue weighted by molar-refractivity contribution is -0.137. The van der Waals surface area contributed by atoms with E-state index in [1.54, 1.807) is 29.2 Å². The molecule has 2 aromatic carbocycles. The number of benzene rings is 2. The van der Waals surface area contributed by atoms with Crippen molar-refractivity contribution in [1.29, 1.82) is 5.26 Å². The van der Waals surface area contributed by atoms with Gasteiger partial charge in [-0.15, -0.1) is 0 Å². The average Bonchev–Trinajstić information content (AvgIpc) is 3.26. The third kappa shape index (κ3) is 4.48. The van der Waals surface area contributed by atoms with Gasteiger partial charge in [0.1, 0.15) is 0 Å². The molecule has 35 heavy (non-hydrogen) atoms. The van der Waals surface area contributed by atoms with E-state index in [2.05, 4.69) is 0 Å². The Morgan fingerprint density at radius 2 is 1.91 bits per heavy atom. The minimum Gasteiger partial charge on any atom is -0.493 e. The Morgan fingerprint density at radius 1 is 1.17 bits per heavy atom. The molecule has 0 radical (unpaired) electrons. The molecule has 7 nitrogen and oxygen atoms in total. The quantitative estimate of drug-likeness (QED) is 0.692. The van der Waals surface area contributed by atoms with Gasteiger partial charge >= 0.3 is 6.18 Å². The topological polar surface area (TPSA) is 86.0 Å². The van der Waals surface area contributed by atoms with Crippen LogP contribution in [0.25, 0.3) is 0 Å². The average molecular weight is 489 g/mol. The first-order valence-corrected chi connectivity index (χ1v) is 11.1. The predicted molar refractivity (Wildman–Crippen MR) is 121 cm³/mol. The fraction of sp³-hybridized carbons (Fsp3) is 0.440. The van der Waals surface area contributed by atoms with Crippen molar-refractivity contribution in [3.63, 3.8) is 0 Å². The summed E-state index contributed by atoms with van der Waals surface area (Å²) in [6.45, 7) is 1.41. The summed E-state index contributed by atoms with van der Waals surface area (Å²) in [5.41, 5.74) is -1.15. The number of ether oxygens (including phenoxy) is 2. The van der Waals surface area contributed by atoms with Crippen LogP contribution in [0.15, 0.2) is 36.4 Å². The van der Waals surface area contributed by atoms with Crippen molar-refractivity contribution in [1.82, 2.24) is 4.90 Å². The number of carbonyl (C=O) groups is 1. The normalized spacial score (nSPS) is 21.9. The Bertz CT molecular complexity index is 1160. The highest BCUT2D eigenvalue weighted by Crippen LogP contribution is 2.45. The molecule has 0 spiro atoms. The first-order chi connectivity index (χ1) is 16.7. The molecular weight excluding hydrogens is 463 g/mol. The molecule has 4 rings (SSSR count). The fourth-order valence-corrected chi connectivity index (χ4v) is 5.14. The number of piperidine rings is 1. The number of fused-ring (bicyclic) bond motifs is 1. The van der Waals surface area contributed by atoms with Gasteiger partial charge in [0, 0.05) is 48.8 Å². The molecule has 1 amide bonds. The van der Waals surface area contributed by atoms with E-state index < -0.39 is 22.7 Å². The summed E-state index contributed by atoms with van der Waals surface area (Å²) >= 11 is 0. The molecule has 186 valence electrons. The Morgan fingerprint density at radius 3 is 2.54 bits per heavy atom. The maximum absolute atomic E-state index is 13.5. The Kier molecular flexibility index (Phi) is 6.56. The molecule has 0 unspecified atom stereocenters. The number of rotatable bonds is 5. The standard InChI is InChI=1S/C25H26F3N3O4/c1-34-21-6-4-16(9-22(21)35-2)23(33)30-8-7-24(15-32)14-31(13-18(24)12-30)19-5-3-17(11-29)20(10-19)25(26,27)28/h3-6,9-10,18,32H,7-8,12-15H2,1-2H3/t18-,24+/m1/s1.